The fourth-order valence-electron chi connectivity index (χ4n) is 4.34. The Morgan fingerprint density at radius 2 is 0.794 bits per heavy atom. The topological polar surface area (TPSA) is 52.6 Å². The maximum Gasteiger partial charge on any atom is 0.153 e. The summed E-state index contributed by atoms with van der Waals surface area (Å²) in [6.07, 6.45) is 1.62. The van der Waals surface area contributed by atoms with Gasteiger partial charge in [0.05, 0.1) is 11.1 Å². The number of aldehydes is 2. The van der Waals surface area contributed by atoms with Gasteiger partial charge in [-0.25, -0.2) is 0 Å². The Morgan fingerprint density at radius 3 is 1.15 bits per heavy atom. The number of ether oxygens (including phenoxy) is 2. The highest BCUT2D eigenvalue weighted by Gasteiger charge is 2.15. The molecule has 0 heterocycles. The molecule has 5 aromatic rings. The summed E-state index contributed by atoms with van der Waals surface area (Å²) in [5.74, 6) is 1.12. The minimum absolute atomic E-state index is 0.320. The molecular weight excluding hydrogens is 424 g/mol. The molecule has 0 saturated carbocycles. The Hall–Kier alpha value is -4.44. The van der Waals surface area contributed by atoms with E-state index in [0.29, 0.717) is 35.8 Å². The van der Waals surface area contributed by atoms with Crippen molar-refractivity contribution in [2.75, 3.05) is 0 Å². The Kier molecular flexibility index (Phi) is 6.04. The van der Waals surface area contributed by atoms with Gasteiger partial charge in [-0.2, -0.15) is 0 Å². The monoisotopic (exact) mass is 446 g/mol. The predicted molar refractivity (Wildman–Crippen MR) is 134 cm³/mol. The molecule has 0 aliphatic heterocycles. The van der Waals surface area contributed by atoms with Gasteiger partial charge in [0.1, 0.15) is 24.7 Å². The van der Waals surface area contributed by atoms with Crippen LogP contribution in [-0.4, -0.2) is 12.6 Å². The quantitative estimate of drug-likeness (QED) is 0.195. The molecule has 4 nitrogen and oxygen atoms in total. The lowest BCUT2D eigenvalue weighted by molar-refractivity contribution is 0.111. The van der Waals surface area contributed by atoms with Crippen molar-refractivity contribution >= 4 is 34.1 Å². The number of rotatable bonds is 8. The Morgan fingerprint density at radius 1 is 0.471 bits per heavy atom. The maximum atomic E-state index is 11.4. The third kappa shape index (κ3) is 4.02. The van der Waals surface area contributed by atoms with E-state index in [0.717, 1.165) is 45.2 Å². The summed E-state index contributed by atoms with van der Waals surface area (Å²) in [5, 5.41) is 4.25. The number of para-hydroxylation sites is 2. The third-order valence-corrected chi connectivity index (χ3v) is 5.99. The number of benzene rings is 5. The van der Waals surface area contributed by atoms with Gasteiger partial charge in [-0.3, -0.25) is 9.59 Å². The minimum atomic E-state index is 0.320. The van der Waals surface area contributed by atoms with Crippen molar-refractivity contribution in [3.05, 3.63) is 119 Å². The fraction of sp³-hybridized carbons (Fsp3) is 0.0667. The van der Waals surface area contributed by atoms with Crippen LogP contribution in [0.2, 0.25) is 0 Å². The van der Waals surface area contributed by atoms with Crippen LogP contribution in [0.3, 0.4) is 0 Å². The molecule has 0 radical (unpaired) electrons. The molecule has 0 aromatic heterocycles. The van der Waals surface area contributed by atoms with Crippen LogP contribution in [0.5, 0.6) is 11.5 Å². The lowest BCUT2D eigenvalue weighted by Gasteiger charge is -2.18. The molecule has 166 valence electrons. The zero-order valence-electron chi connectivity index (χ0n) is 18.4. The molecule has 34 heavy (non-hydrogen) atoms. The highest BCUT2D eigenvalue weighted by Crippen LogP contribution is 2.35. The normalized spacial score (nSPS) is 10.8. The summed E-state index contributed by atoms with van der Waals surface area (Å²) in [6, 6.07) is 30.8. The van der Waals surface area contributed by atoms with Crippen LogP contribution in [0.4, 0.5) is 0 Å². The second kappa shape index (κ2) is 9.59. The Labute approximate surface area is 197 Å². The first-order valence-corrected chi connectivity index (χ1v) is 11.1. The van der Waals surface area contributed by atoms with Gasteiger partial charge in [-0.1, -0.05) is 72.8 Å². The van der Waals surface area contributed by atoms with E-state index in [2.05, 4.69) is 24.3 Å². The Bertz CT molecular complexity index is 1330. The molecule has 0 bridgehead atoms. The van der Waals surface area contributed by atoms with Crippen LogP contribution in [0.25, 0.3) is 21.5 Å². The standard InChI is InChI=1S/C30H22O4/c31-17-21-9-1-7-15-29(21)33-19-27-23-11-3-5-13-25(23)28(26-14-6-4-12-24(26)27)20-34-30-16-8-2-10-22(30)18-32/h1-18H,19-20H2. The molecule has 5 aromatic carbocycles. The minimum Gasteiger partial charge on any atom is -0.488 e. The van der Waals surface area contributed by atoms with E-state index >= 15 is 0 Å². The van der Waals surface area contributed by atoms with E-state index in [-0.39, 0.29) is 0 Å². The molecule has 0 saturated heterocycles. The summed E-state index contributed by atoms with van der Waals surface area (Å²) < 4.78 is 12.3. The van der Waals surface area contributed by atoms with Gasteiger partial charge >= 0.3 is 0 Å². The van der Waals surface area contributed by atoms with Gasteiger partial charge in [-0.05, 0) is 45.8 Å². The van der Waals surface area contributed by atoms with E-state index in [1.54, 1.807) is 24.3 Å². The largest absolute Gasteiger partial charge is 0.488 e. The molecule has 0 unspecified atom stereocenters. The number of carbonyl (C=O) groups excluding carboxylic acids is 2. The average molecular weight is 447 g/mol. The van der Waals surface area contributed by atoms with Gasteiger partial charge in [0.2, 0.25) is 0 Å². The summed E-state index contributed by atoms with van der Waals surface area (Å²) in [7, 11) is 0. The Balaban J connectivity index is 1.59. The molecule has 0 N–H and O–H groups in total. The third-order valence-electron chi connectivity index (χ3n) is 5.99. The van der Waals surface area contributed by atoms with E-state index < -0.39 is 0 Å². The molecule has 4 heteroatoms. The van der Waals surface area contributed by atoms with Crippen molar-refractivity contribution in [2.24, 2.45) is 0 Å². The number of hydrogen-bond acceptors (Lipinski definition) is 4. The molecule has 0 aliphatic carbocycles. The van der Waals surface area contributed by atoms with Gasteiger partial charge in [0, 0.05) is 11.1 Å². The van der Waals surface area contributed by atoms with E-state index in [9.17, 15) is 9.59 Å². The summed E-state index contributed by atoms with van der Waals surface area (Å²) in [5.41, 5.74) is 3.14. The first kappa shape index (κ1) is 21.4. The van der Waals surface area contributed by atoms with E-state index in [1.807, 2.05) is 48.5 Å². The van der Waals surface area contributed by atoms with Crippen molar-refractivity contribution < 1.29 is 19.1 Å². The van der Waals surface area contributed by atoms with Crippen LogP contribution in [0.15, 0.2) is 97.1 Å². The second-order valence-electron chi connectivity index (χ2n) is 7.94. The predicted octanol–water partition coefficient (Wildman–Crippen LogP) is 6.78. The lowest BCUT2D eigenvalue weighted by Crippen LogP contribution is -2.04. The van der Waals surface area contributed by atoms with Crippen LogP contribution in [-0.2, 0) is 13.2 Å². The summed E-state index contributed by atoms with van der Waals surface area (Å²) >= 11 is 0. The SMILES string of the molecule is O=Cc1ccccc1OCc1c2ccccc2c(COc2ccccc2C=O)c2ccccc12. The maximum absolute atomic E-state index is 11.4. The second-order valence-corrected chi connectivity index (χ2v) is 7.94. The number of hydrogen-bond donors (Lipinski definition) is 0. The zero-order valence-corrected chi connectivity index (χ0v) is 18.4. The molecule has 0 spiro atoms. The van der Waals surface area contributed by atoms with Crippen LogP contribution in [0, 0.1) is 0 Å². The number of carbonyl (C=O) groups is 2. The van der Waals surface area contributed by atoms with Gasteiger partial charge < -0.3 is 9.47 Å². The van der Waals surface area contributed by atoms with Crippen molar-refractivity contribution in [1.29, 1.82) is 0 Å². The molecule has 5 rings (SSSR count). The molecule has 0 amide bonds. The van der Waals surface area contributed by atoms with Crippen molar-refractivity contribution in [1.82, 2.24) is 0 Å². The first-order chi connectivity index (χ1) is 16.8. The molecule has 0 aliphatic rings. The highest BCUT2D eigenvalue weighted by molar-refractivity contribution is 6.05. The first-order valence-electron chi connectivity index (χ1n) is 11.1. The van der Waals surface area contributed by atoms with Crippen LogP contribution < -0.4 is 9.47 Å². The van der Waals surface area contributed by atoms with Gasteiger partial charge in [0.25, 0.3) is 0 Å². The fourth-order valence-corrected chi connectivity index (χ4v) is 4.34. The molecule has 0 fully saturated rings. The van der Waals surface area contributed by atoms with Crippen molar-refractivity contribution in [2.45, 2.75) is 13.2 Å². The van der Waals surface area contributed by atoms with E-state index in [4.69, 9.17) is 9.47 Å². The van der Waals surface area contributed by atoms with Crippen LogP contribution >= 0.6 is 0 Å². The highest BCUT2D eigenvalue weighted by atomic mass is 16.5. The van der Waals surface area contributed by atoms with Gasteiger partial charge in [0.15, 0.2) is 12.6 Å². The summed E-state index contributed by atoms with van der Waals surface area (Å²) in [6.45, 7) is 0.641. The smallest absolute Gasteiger partial charge is 0.153 e. The zero-order chi connectivity index (χ0) is 23.3. The van der Waals surface area contributed by atoms with Crippen LogP contribution in [0.1, 0.15) is 31.8 Å². The molecular formula is C30H22O4. The van der Waals surface area contributed by atoms with Crippen molar-refractivity contribution in [3.63, 3.8) is 0 Å². The summed E-state index contributed by atoms with van der Waals surface area (Å²) in [4.78, 5) is 22.9. The lowest BCUT2D eigenvalue weighted by atomic mass is 9.92. The number of fused-ring (bicyclic) bond motifs is 2. The van der Waals surface area contributed by atoms with Crippen molar-refractivity contribution in [3.8, 4) is 11.5 Å². The van der Waals surface area contributed by atoms with Gasteiger partial charge in [-0.15, -0.1) is 0 Å². The average Bonchev–Trinajstić information content (AvgIpc) is 2.90. The van der Waals surface area contributed by atoms with E-state index in [1.165, 1.54) is 0 Å². The molecule has 0 atom stereocenters.